The highest BCUT2D eigenvalue weighted by atomic mass is 16.5. The zero-order chi connectivity index (χ0) is 24.8. The molecule has 2 aromatic carbocycles. The molecule has 0 bridgehead atoms. The van der Waals surface area contributed by atoms with Gasteiger partial charge in [0, 0.05) is 13.1 Å². The molecular formula is C30H48N2O2. The van der Waals surface area contributed by atoms with Gasteiger partial charge >= 0.3 is 0 Å². The predicted molar refractivity (Wildman–Crippen MR) is 146 cm³/mol. The molecule has 0 unspecified atom stereocenters. The summed E-state index contributed by atoms with van der Waals surface area (Å²) < 4.78 is 12.0. The molecule has 0 saturated carbocycles. The molecule has 2 aromatic rings. The maximum absolute atomic E-state index is 6.00. The first-order valence-corrected chi connectivity index (χ1v) is 13.5. The Labute approximate surface area is 209 Å². The predicted octanol–water partition coefficient (Wildman–Crippen LogP) is 6.82. The Kier molecular flexibility index (Phi) is 13.1. The Balaban J connectivity index is 1.98. The van der Waals surface area contributed by atoms with Gasteiger partial charge in [0.25, 0.3) is 0 Å². The van der Waals surface area contributed by atoms with E-state index in [1.165, 1.54) is 11.1 Å². The molecule has 0 aliphatic rings. The van der Waals surface area contributed by atoms with Gasteiger partial charge in [0.2, 0.25) is 0 Å². The van der Waals surface area contributed by atoms with Crippen molar-refractivity contribution < 1.29 is 9.47 Å². The number of ether oxygens (including phenoxy) is 2. The zero-order valence-electron chi connectivity index (χ0n) is 22.6. The molecule has 0 aromatic heterocycles. The van der Waals surface area contributed by atoms with Gasteiger partial charge in [0.15, 0.2) is 0 Å². The lowest BCUT2D eigenvalue weighted by Crippen LogP contribution is -2.27. The Morgan fingerprint density at radius 2 is 0.853 bits per heavy atom. The number of likely N-dealkylation sites (N-methyl/N-ethyl adjacent to an activating group) is 2. The molecule has 0 aliphatic carbocycles. The molecule has 2 atom stereocenters. The third kappa shape index (κ3) is 8.63. The van der Waals surface area contributed by atoms with Gasteiger partial charge in [-0.3, -0.25) is 0 Å². The minimum Gasteiger partial charge on any atom is -0.492 e. The molecule has 0 N–H and O–H groups in total. The molecule has 34 heavy (non-hydrogen) atoms. The lowest BCUT2D eigenvalue weighted by atomic mass is 9.78. The van der Waals surface area contributed by atoms with E-state index in [2.05, 4.69) is 99.9 Å². The van der Waals surface area contributed by atoms with E-state index < -0.39 is 0 Å². The smallest absolute Gasteiger partial charge is 0.119 e. The molecule has 0 saturated heterocycles. The molecule has 190 valence electrons. The fourth-order valence-electron chi connectivity index (χ4n) is 4.79. The second-order valence-corrected chi connectivity index (χ2v) is 8.92. The van der Waals surface area contributed by atoms with Gasteiger partial charge in [0.1, 0.15) is 24.7 Å². The second kappa shape index (κ2) is 15.8. The summed E-state index contributed by atoms with van der Waals surface area (Å²) in [5.41, 5.74) is 2.79. The largest absolute Gasteiger partial charge is 0.492 e. The van der Waals surface area contributed by atoms with Crippen LogP contribution in [0.4, 0.5) is 0 Å². The molecule has 0 amide bonds. The third-order valence-electron chi connectivity index (χ3n) is 7.12. The molecule has 0 radical (unpaired) electrons. The Bertz CT molecular complexity index is 700. The van der Waals surface area contributed by atoms with Crippen molar-refractivity contribution in [2.45, 2.75) is 66.2 Å². The second-order valence-electron chi connectivity index (χ2n) is 8.92. The van der Waals surface area contributed by atoms with Gasteiger partial charge in [-0.25, -0.2) is 0 Å². The van der Waals surface area contributed by atoms with Gasteiger partial charge in [-0.15, -0.1) is 0 Å². The van der Waals surface area contributed by atoms with Gasteiger partial charge < -0.3 is 19.3 Å². The van der Waals surface area contributed by atoms with Gasteiger partial charge in [0.05, 0.1) is 0 Å². The van der Waals surface area contributed by atoms with Crippen molar-refractivity contribution in [1.29, 1.82) is 0 Å². The number of nitrogens with zero attached hydrogens (tertiary/aromatic N) is 2. The van der Waals surface area contributed by atoms with E-state index in [1.54, 1.807) is 0 Å². The highest BCUT2D eigenvalue weighted by molar-refractivity contribution is 5.35. The zero-order valence-corrected chi connectivity index (χ0v) is 22.6. The van der Waals surface area contributed by atoms with Crippen LogP contribution in [0.2, 0.25) is 0 Å². The van der Waals surface area contributed by atoms with E-state index in [0.717, 1.165) is 76.8 Å². The van der Waals surface area contributed by atoms with E-state index in [-0.39, 0.29) is 0 Å². The van der Waals surface area contributed by atoms with Crippen molar-refractivity contribution in [3.8, 4) is 11.5 Å². The van der Waals surface area contributed by atoms with E-state index in [1.807, 2.05) is 0 Å². The van der Waals surface area contributed by atoms with Gasteiger partial charge in [-0.1, -0.05) is 65.8 Å². The minimum absolute atomic E-state index is 0.490. The van der Waals surface area contributed by atoms with Crippen molar-refractivity contribution in [3.05, 3.63) is 59.7 Å². The maximum atomic E-state index is 6.00. The number of benzene rings is 2. The Hall–Kier alpha value is -2.04. The maximum Gasteiger partial charge on any atom is 0.119 e. The number of rotatable bonds is 17. The number of hydrogen-bond acceptors (Lipinski definition) is 4. The third-order valence-corrected chi connectivity index (χ3v) is 7.12. The van der Waals surface area contributed by atoms with E-state index in [0.29, 0.717) is 11.8 Å². The van der Waals surface area contributed by atoms with E-state index in [9.17, 15) is 0 Å². The summed E-state index contributed by atoms with van der Waals surface area (Å²) >= 11 is 0. The van der Waals surface area contributed by atoms with Gasteiger partial charge in [-0.05, 0) is 86.2 Å². The Morgan fingerprint density at radius 3 is 1.12 bits per heavy atom. The SMILES string of the molecule is CC[C@H](c1ccc(OCCN(CC)CC)cc1)[C@@H](CC)c1ccc(OCCN(CC)CC)cc1. The monoisotopic (exact) mass is 468 g/mol. The summed E-state index contributed by atoms with van der Waals surface area (Å²) in [6, 6.07) is 17.6. The quantitative estimate of drug-likeness (QED) is 0.254. The molecule has 0 heterocycles. The van der Waals surface area contributed by atoms with Crippen molar-refractivity contribution in [3.63, 3.8) is 0 Å². The summed E-state index contributed by atoms with van der Waals surface area (Å²) in [7, 11) is 0. The first kappa shape index (κ1) is 28.2. The summed E-state index contributed by atoms with van der Waals surface area (Å²) in [6.45, 7) is 21.1. The van der Waals surface area contributed by atoms with Gasteiger partial charge in [-0.2, -0.15) is 0 Å². The highest BCUT2D eigenvalue weighted by Crippen LogP contribution is 2.38. The van der Waals surface area contributed by atoms with Crippen molar-refractivity contribution >= 4 is 0 Å². The van der Waals surface area contributed by atoms with Crippen molar-refractivity contribution in [2.75, 3.05) is 52.5 Å². The van der Waals surface area contributed by atoms with Crippen molar-refractivity contribution in [2.24, 2.45) is 0 Å². The summed E-state index contributed by atoms with van der Waals surface area (Å²) in [5, 5.41) is 0. The van der Waals surface area contributed by atoms with E-state index >= 15 is 0 Å². The van der Waals surface area contributed by atoms with Crippen LogP contribution in [0.25, 0.3) is 0 Å². The van der Waals surface area contributed by atoms with Crippen LogP contribution < -0.4 is 9.47 Å². The van der Waals surface area contributed by atoms with Crippen LogP contribution in [0.5, 0.6) is 11.5 Å². The molecular weight excluding hydrogens is 420 g/mol. The summed E-state index contributed by atoms with van der Waals surface area (Å²) in [6.07, 6.45) is 2.23. The van der Waals surface area contributed by atoms with Crippen LogP contribution in [0.1, 0.15) is 77.3 Å². The fourth-order valence-corrected chi connectivity index (χ4v) is 4.79. The normalized spacial score (nSPS) is 13.3. The number of hydrogen-bond donors (Lipinski definition) is 0. The fraction of sp³-hybridized carbons (Fsp3) is 0.600. The van der Waals surface area contributed by atoms with Crippen LogP contribution in [0.3, 0.4) is 0 Å². The topological polar surface area (TPSA) is 24.9 Å². The summed E-state index contributed by atoms with van der Waals surface area (Å²) in [5.74, 6) is 2.91. The Morgan fingerprint density at radius 1 is 0.529 bits per heavy atom. The van der Waals surface area contributed by atoms with E-state index in [4.69, 9.17) is 9.47 Å². The molecule has 0 aliphatic heterocycles. The van der Waals surface area contributed by atoms with Crippen molar-refractivity contribution in [1.82, 2.24) is 9.80 Å². The molecule has 4 nitrogen and oxygen atoms in total. The minimum atomic E-state index is 0.490. The summed E-state index contributed by atoms with van der Waals surface area (Å²) in [4.78, 5) is 4.77. The van der Waals surface area contributed by atoms with Crippen LogP contribution >= 0.6 is 0 Å². The molecule has 0 fully saturated rings. The first-order valence-electron chi connectivity index (χ1n) is 13.5. The lowest BCUT2D eigenvalue weighted by Gasteiger charge is -2.27. The molecule has 2 rings (SSSR count). The average Bonchev–Trinajstić information content (AvgIpc) is 2.88. The lowest BCUT2D eigenvalue weighted by molar-refractivity contribution is 0.222. The average molecular weight is 469 g/mol. The van der Waals surface area contributed by atoms with Crippen LogP contribution in [0, 0.1) is 0 Å². The standard InChI is InChI=1S/C30H48N2O2/c1-7-29(25-13-17-27(18-14-25)33-23-21-31(9-3)10-4)30(8-2)26-15-19-28(20-16-26)34-24-22-32(11-5)12-6/h13-20,29-30H,7-12,21-24H2,1-6H3/t29-,30+. The first-order chi connectivity index (χ1) is 16.6. The van der Waals surface area contributed by atoms with Crippen LogP contribution in [-0.2, 0) is 0 Å². The van der Waals surface area contributed by atoms with Crippen LogP contribution in [-0.4, -0.2) is 62.3 Å². The highest BCUT2D eigenvalue weighted by Gasteiger charge is 2.22. The molecule has 0 spiro atoms. The molecule has 4 heteroatoms. The van der Waals surface area contributed by atoms with Crippen LogP contribution in [0.15, 0.2) is 48.5 Å².